The van der Waals surface area contributed by atoms with Gasteiger partial charge in [0.1, 0.15) is 17.5 Å². The van der Waals surface area contributed by atoms with E-state index < -0.39 is 11.7 Å². The number of hydrogen-bond donors (Lipinski definition) is 3. The highest BCUT2D eigenvalue weighted by molar-refractivity contribution is 6.30. The molecule has 150 valence electrons. The van der Waals surface area contributed by atoms with Gasteiger partial charge in [-0.1, -0.05) is 35.9 Å². The molecule has 1 heterocycles. The van der Waals surface area contributed by atoms with Crippen LogP contribution in [-0.4, -0.2) is 59.5 Å². The fourth-order valence-corrected chi connectivity index (χ4v) is 3.42. The van der Waals surface area contributed by atoms with Crippen molar-refractivity contribution in [3.8, 4) is 5.75 Å². The van der Waals surface area contributed by atoms with Gasteiger partial charge in [-0.3, -0.25) is 4.79 Å². The van der Waals surface area contributed by atoms with Gasteiger partial charge in [0.05, 0.1) is 20.1 Å². The van der Waals surface area contributed by atoms with Crippen LogP contribution in [0.25, 0.3) is 0 Å². The molecule has 1 fully saturated rings. The van der Waals surface area contributed by atoms with Crippen LogP contribution in [0.4, 0.5) is 0 Å². The van der Waals surface area contributed by atoms with Crippen LogP contribution in [0.2, 0.25) is 5.02 Å². The number of nitrogens with one attached hydrogen (secondary N) is 1. The number of carbonyl (C=O) groups excluding carboxylic acids is 1. The van der Waals surface area contributed by atoms with E-state index in [1.807, 2.05) is 24.3 Å². The Morgan fingerprint density at radius 2 is 1.86 bits per heavy atom. The summed E-state index contributed by atoms with van der Waals surface area (Å²) < 4.78 is 5.13. The van der Waals surface area contributed by atoms with Gasteiger partial charge in [0.25, 0.3) is 0 Å². The van der Waals surface area contributed by atoms with E-state index in [9.17, 15) is 15.0 Å². The first-order chi connectivity index (χ1) is 13.4. The molecule has 1 aliphatic rings. The van der Waals surface area contributed by atoms with E-state index in [-0.39, 0.29) is 32.0 Å². The molecule has 2 aromatic rings. The monoisotopic (exact) mass is 404 g/mol. The highest BCUT2D eigenvalue weighted by Gasteiger charge is 2.45. The number of benzene rings is 2. The van der Waals surface area contributed by atoms with Gasteiger partial charge in [0.15, 0.2) is 0 Å². The Balaban J connectivity index is 1.52. The molecule has 0 aliphatic carbocycles. The minimum atomic E-state index is -1.37. The highest BCUT2D eigenvalue weighted by atomic mass is 35.5. The van der Waals surface area contributed by atoms with E-state index in [4.69, 9.17) is 16.3 Å². The lowest BCUT2D eigenvalue weighted by Crippen LogP contribution is -2.50. The molecule has 0 bridgehead atoms. The van der Waals surface area contributed by atoms with Crippen LogP contribution >= 0.6 is 11.6 Å². The molecule has 3 N–H and O–H groups in total. The zero-order chi connectivity index (χ0) is 20.1. The third-order valence-electron chi connectivity index (χ3n) is 5.02. The number of rotatable bonds is 7. The van der Waals surface area contributed by atoms with Gasteiger partial charge in [-0.2, -0.15) is 0 Å². The zero-order valence-corrected chi connectivity index (χ0v) is 16.5. The maximum Gasteiger partial charge on any atom is 0.227 e. The second-order valence-electron chi connectivity index (χ2n) is 7.15. The summed E-state index contributed by atoms with van der Waals surface area (Å²) in [6.07, 6.45) is -0.788. The van der Waals surface area contributed by atoms with Crippen LogP contribution in [0.1, 0.15) is 11.1 Å². The number of halogens is 1. The summed E-state index contributed by atoms with van der Waals surface area (Å²) in [5.41, 5.74) is 0.506. The Hall–Kier alpha value is -2.12. The third-order valence-corrected chi connectivity index (χ3v) is 5.27. The lowest BCUT2D eigenvalue weighted by atomic mass is 10.0. The number of amides is 1. The van der Waals surface area contributed by atoms with Crippen molar-refractivity contribution in [1.82, 2.24) is 10.2 Å². The van der Waals surface area contributed by atoms with Crippen molar-refractivity contribution in [2.75, 3.05) is 26.7 Å². The summed E-state index contributed by atoms with van der Waals surface area (Å²) in [5.74, 6) is 0.649. The van der Waals surface area contributed by atoms with Crippen molar-refractivity contribution in [2.45, 2.75) is 24.7 Å². The van der Waals surface area contributed by atoms with Crippen LogP contribution < -0.4 is 10.1 Å². The minimum absolute atomic E-state index is 0.0935. The number of aliphatic hydroxyl groups is 2. The normalized spacial score (nSPS) is 21.7. The van der Waals surface area contributed by atoms with Gasteiger partial charge in [-0.25, -0.2) is 0 Å². The van der Waals surface area contributed by atoms with Gasteiger partial charge in [-0.05, 0) is 35.4 Å². The third kappa shape index (κ3) is 5.02. The number of aliphatic hydroxyl groups excluding tert-OH is 1. The Kier molecular flexibility index (Phi) is 6.57. The standard InChI is InChI=1S/C21H25ClN2O4/c1-28-18-8-4-16(5-9-18)11-23-13-21(27)14-24(12-19(21)25)20(26)10-15-2-6-17(22)7-3-15/h2-9,19,23,25,27H,10-14H2,1H3/t19-,21+/m1/s1. The smallest absolute Gasteiger partial charge is 0.227 e. The molecule has 2 aromatic carbocycles. The molecular weight excluding hydrogens is 380 g/mol. The molecule has 0 unspecified atom stereocenters. The van der Waals surface area contributed by atoms with E-state index in [1.165, 1.54) is 4.90 Å². The van der Waals surface area contributed by atoms with E-state index in [0.29, 0.717) is 11.6 Å². The van der Waals surface area contributed by atoms with Crippen LogP contribution in [0, 0.1) is 0 Å². The average Bonchev–Trinajstić information content (AvgIpc) is 2.99. The molecule has 28 heavy (non-hydrogen) atoms. The van der Waals surface area contributed by atoms with E-state index >= 15 is 0 Å². The predicted octanol–water partition coefficient (Wildman–Crippen LogP) is 1.62. The van der Waals surface area contributed by atoms with Gasteiger partial charge >= 0.3 is 0 Å². The van der Waals surface area contributed by atoms with Gasteiger partial charge < -0.3 is 25.2 Å². The summed E-state index contributed by atoms with van der Waals surface area (Å²) in [5, 5.41) is 24.9. The molecule has 3 rings (SSSR count). The van der Waals surface area contributed by atoms with Gasteiger partial charge in [0.2, 0.25) is 5.91 Å². The van der Waals surface area contributed by atoms with Crippen LogP contribution in [-0.2, 0) is 17.8 Å². The van der Waals surface area contributed by atoms with E-state index in [0.717, 1.165) is 16.9 Å². The maximum atomic E-state index is 12.5. The SMILES string of the molecule is COc1ccc(CNC[C@]2(O)CN(C(=O)Cc3ccc(Cl)cc3)C[C@H]2O)cc1. The quantitative estimate of drug-likeness (QED) is 0.653. The summed E-state index contributed by atoms with van der Waals surface area (Å²) in [4.78, 5) is 14.0. The molecule has 0 radical (unpaired) electrons. The maximum absolute atomic E-state index is 12.5. The Morgan fingerprint density at radius 3 is 2.50 bits per heavy atom. The van der Waals surface area contributed by atoms with Crippen molar-refractivity contribution >= 4 is 17.5 Å². The number of carbonyl (C=O) groups is 1. The second kappa shape index (κ2) is 8.92. The first kappa shape index (κ1) is 20.6. The number of nitrogens with zero attached hydrogens (tertiary/aromatic N) is 1. The number of β-amino-alcohol motifs (C(OH)–C–C–N with tert-alkyl or cyclic N) is 2. The first-order valence-electron chi connectivity index (χ1n) is 9.16. The molecule has 2 atom stereocenters. The summed E-state index contributed by atoms with van der Waals surface area (Å²) in [7, 11) is 1.62. The molecule has 7 heteroatoms. The Bertz CT molecular complexity index is 797. The van der Waals surface area contributed by atoms with Crippen molar-refractivity contribution in [1.29, 1.82) is 0 Å². The largest absolute Gasteiger partial charge is 0.497 e. The number of methoxy groups -OCH3 is 1. The average molecular weight is 405 g/mol. The topological polar surface area (TPSA) is 82.0 Å². The summed E-state index contributed by atoms with van der Waals surface area (Å²) in [6.45, 7) is 0.937. The van der Waals surface area contributed by atoms with Crippen molar-refractivity contribution in [3.63, 3.8) is 0 Å². The summed E-state index contributed by atoms with van der Waals surface area (Å²) >= 11 is 5.87. The predicted molar refractivity (Wildman–Crippen MR) is 107 cm³/mol. The fourth-order valence-electron chi connectivity index (χ4n) is 3.30. The van der Waals surface area contributed by atoms with Crippen LogP contribution in [0.3, 0.4) is 0 Å². The number of hydrogen-bond acceptors (Lipinski definition) is 5. The van der Waals surface area contributed by atoms with Crippen molar-refractivity contribution < 1.29 is 19.7 Å². The van der Waals surface area contributed by atoms with Crippen molar-refractivity contribution in [3.05, 3.63) is 64.7 Å². The van der Waals surface area contributed by atoms with Gasteiger partial charge in [-0.15, -0.1) is 0 Å². The van der Waals surface area contributed by atoms with Gasteiger partial charge in [0, 0.05) is 24.7 Å². The lowest BCUT2D eigenvalue weighted by Gasteiger charge is -2.26. The van der Waals surface area contributed by atoms with Crippen molar-refractivity contribution in [2.24, 2.45) is 0 Å². The molecule has 6 nitrogen and oxygen atoms in total. The molecule has 1 aliphatic heterocycles. The molecule has 0 aromatic heterocycles. The molecule has 0 saturated carbocycles. The Morgan fingerprint density at radius 1 is 1.21 bits per heavy atom. The lowest BCUT2D eigenvalue weighted by molar-refractivity contribution is -0.130. The number of likely N-dealkylation sites (tertiary alicyclic amines) is 1. The highest BCUT2D eigenvalue weighted by Crippen LogP contribution is 2.23. The van der Waals surface area contributed by atoms with Crippen LogP contribution in [0.15, 0.2) is 48.5 Å². The van der Waals surface area contributed by atoms with Crippen LogP contribution in [0.5, 0.6) is 5.75 Å². The molecule has 0 spiro atoms. The number of ether oxygens (including phenoxy) is 1. The summed E-state index contributed by atoms with van der Waals surface area (Å²) in [6, 6.07) is 14.7. The zero-order valence-electron chi connectivity index (χ0n) is 15.8. The minimum Gasteiger partial charge on any atom is -0.497 e. The Labute approximate surface area is 169 Å². The second-order valence-corrected chi connectivity index (χ2v) is 7.58. The molecular formula is C21H25ClN2O4. The van der Waals surface area contributed by atoms with E-state index in [1.54, 1.807) is 31.4 Å². The fraction of sp³-hybridized carbons (Fsp3) is 0.381. The molecule has 1 saturated heterocycles. The first-order valence-corrected chi connectivity index (χ1v) is 9.54. The van der Waals surface area contributed by atoms with E-state index in [2.05, 4.69) is 5.32 Å². The molecule has 1 amide bonds.